The third kappa shape index (κ3) is 3.83. The van der Waals surface area contributed by atoms with Gasteiger partial charge in [-0.1, -0.05) is 54.1 Å². The van der Waals surface area contributed by atoms with Crippen LogP contribution in [0.15, 0.2) is 54.6 Å². The minimum Gasteiger partial charge on any atom is -0.342 e. The first kappa shape index (κ1) is 18.7. The molecule has 0 unspecified atom stereocenters. The first-order valence-electron chi connectivity index (χ1n) is 9.04. The smallest absolute Gasteiger partial charge is 0.232 e. The molecular formula is C22H24ClNO2. The van der Waals surface area contributed by atoms with E-state index < -0.39 is 5.41 Å². The van der Waals surface area contributed by atoms with Gasteiger partial charge in [0.25, 0.3) is 0 Å². The highest BCUT2D eigenvalue weighted by Gasteiger charge is 2.36. The van der Waals surface area contributed by atoms with Gasteiger partial charge in [-0.3, -0.25) is 9.59 Å². The number of hydrogen-bond acceptors (Lipinski definition) is 2. The molecule has 0 spiro atoms. The van der Waals surface area contributed by atoms with Crippen LogP contribution >= 0.6 is 11.6 Å². The maximum Gasteiger partial charge on any atom is 0.232 e. The van der Waals surface area contributed by atoms with Crippen molar-refractivity contribution in [3.8, 4) is 0 Å². The van der Waals surface area contributed by atoms with Crippen LogP contribution < -0.4 is 0 Å². The van der Waals surface area contributed by atoms with Crippen LogP contribution in [0.4, 0.5) is 0 Å². The minimum atomic E-state index is -0.610. The summed E-state index contributed by atoms with van der Waals surface area (Å²) in [7, 11) is 0. The van der Waals surface area contributed by atoms with E-state index in [0.29, 0.717) is 18.1 Å². The van der Waals surface area contributed by atoms with Crippen molar-refractivity contribution < 1.29 is 9.59 Å². The fourth-order valence-electron chi connectivity index (χ4n) is 3.57. The molecule has 1 amide bonds. The maximum atomic E-state index is 13.1. The molecule has 1 aliphatic rings. The van der Waals surface area contributed by atoms with Gasteiger partial charge in [0, 0.05) is 29.6 Å². The Morgan fingerprint density at radius 3 is 2.12 bits per heavy atom. The van der Waals surface area contributed by atoms with E-state index in [1.807, 2.05) is 73.3 Å². The molecule has 26 heavy (non-hydrogen) atoms. The third-order valence-electron chi connectivity index (χ3n) is 5.31. The number of rotatable bonds is 4. The predicted molar refractivity (Wildman–Crippen MR) is 105 cm³/mol. The lowest BCUT2D eigenvalue weighted by molar-refractivity contribution is -0.137. The van der Waals surface area contributed by atoms with Crippen molar-refractivity contribution in [2.24, 2.45) is 5.92 Å². The van der Waals surface area contributed by atoms with E-state index in [1.165, 1.54) is 0 Å². The van der Waals surface area contributed by atoms with Crippen LogP contribution in [0.1, 0.15) is 42.6 Å². The van der Waals surface area contributed by atoms with Crippen LogP contribution in [0.2, 0.25) is 5.02 Å². The number of ketones is 1. The molecule has 0 N–H and O–H groups in total. The van der Waals surface area contributed by atoms with Gasteiger partial charge in [-0.05, 0) is 44.4 Å². The zero-order chi connectivity index (χ0) is 18.7. The highest BCUT2D eigenvalue weighted by molar-refractivity contribution is 6.30. The monoisotopic (exact) mass is 369 g/mol. The summed E-state index contributed by atoms with van der Waals surface area (Å²) in [6.07, 6.45) is 1.44. The number of halogens is 1. The van der Waals surface area contributed by atoms with Crippen molar-refractivity contribution in [2.75, 3.05) is 13.1 Å². The molecular weight excluding hydrogens is 346 g/mol. The highest BCUT2D eigenvalue weighted by Crippen LogP contribution is 2.30. The fraction of sp³-hybridized carbons (Fsp3) is 0.364. The number of likely N-dealkylation sites (tertiary alicyclic amines) is 1. The minimum absolute atomic E-state index is 0.0000872. The number of piperidine rings is 1. The molecule has 0 aliphatic carbocycles. The topological polar surface area (TPSA) is 37.4 Å². The molecule has 4 heteroatoms. The van der Waals surface area contributed by atoms with Crippen molar-refractivity contribution in [3.05, 3.63) is 70.7 Å². The number of hydrogen-bond donors (Lipinski definition) is 0. The maximum absolute atomic E-state index is 13.1. The second kappa shape index (κ2) is 7.63. The molecule has 2 aromatic rings. The Morgan fingerprint density at radius 1 is 0.962 bits per heavy atom. The molecule has 136 valence electrons. The third-order valence-corrected chi connectivity index (χ3v) is 5.56. The number of nitrogens with zero attached hydrogens (tertiary/aromatic N) is 1. The van der Waals surface area contributed by atoms with Crippen LogP contribution in [0.25, 0.3) is 0 Å². The van der Waals surface area contributed by atoms with Crippen molar-refractivity contribution in [1.29, 1.82) is 0 Å². The zero-order valence-electron chi connectivity index (χ0n) is 15.2. The summed E-state index contributed by atoms with van der Waals surface area (Å²) in [5.74, 6) is 0.292. The number of amides is 1. The molecule has 1 heterocycles. The van der Waals surface area contributed by atoms with Gasteiger partial charge in [0.15, 0.2) is 5.78 Å². The average molecular weight is 370 g/mol. The Bertz CT molecular complexity index is 776. The zero-order valence-corrected chi connectivity index (χ0v) is 16.0. The van der Waals surface area contributed by atoms with Gasteiger partial charge in [-0.25, -0.2) is 0 Å². The molecule has 0 radical (unpaired) electrons. The molecule has 1 aliphatic heterocycles. The molecule has 2 aromatic carbocycles. The molecule has 3 nitrogen and oxygen atoms in total. The summed E-state index contributed by atoms with van der Waals surface area (Å²) >= 11 is 5.96. The van der Waals surface area contributed by atoms with Gasteiger partial charge >= 0.3 is 0 Å². The number of carbonyl (C=O) groups is 2. The van der Waals surface area contributed by atoms with Crippen molar-refractivity contribution in [1.82, 2.24) is 4.90 Å². The molecule has 3 rings (SSSR count). The van der Waals surface area contributed by atoms with E-state index in [1.54, 1.807) is 0 Å². The van der Waals surface area contributed by atoms with Gasteiger partial charge in [0.05, 0.1) is 5.41 Å². The lowest BCUT2D eigenvalue weighted by Crippen LogP contribution is -2.47. The van der Waals surface area contributed by atoms with Gasteiger partial charge in [-0.2, -0.15) is 0 Å². The number of benzene rings is 2. The summed E-state index contributed by atoms with van der Waals surface area (Å²) in [6.45, 7) is 5.14. The Morgan fingerprint density at radius 2 is 1.54 bits per heavy atom. The van der Waals surface area contributed by atoms with E-state index in [9.17, 15) is 9.59 Å². The summed E-state index contributed by atoms with van der Waals surface area (Å²) in [6, 6.07) is 16.9. The Balaban J connectivity index is 1.65. The molecule has 1 fully saturated rings. The summed E-state index contributed by atoms with van der Waals surface area (Å²) in [5, 5.41) is 0.664. The lowest BCUT2D eigenvalue weighted by Gasteiger charge is -2.37. The van der Waals surface area contributed by atoms with Crippen LogP contribution in [0.3, 0.4) is 0 Å². The van der Waals surface area contributed by atoms with Gasteiger partial charge in [0.2, 0.25) is 5.91 Å². The molecule has 0 aromatic heterocycles. The Kier molecular flexibility index (Phi) is 5.47. The Labute approximate surface area is 160 Å². The van der Waals surface area contributed by atoms with Gasteiger partial charge < -0.3 is 4.90 Å². The molecule has 0 atom stereocenters. The quantitative estimate of drug-likeness (QED) is 0.730. The van der Waals surface area contributed by atoms with Crippen LogP contribution in [-0.2, 0) is 10.2 Å². The average Bonchev–Trinajstić information content (AvgIpc) is 2.68. The van der Waals surface area contributed by atoms with Gasteiger partial charge in [0.1, 0.15) is 0 Å². The SMILES string of the molecule is CC(C)(C(=O)N1CCC(C(=O)c2ccccc2)CC1)c1ccc(Cl)cc1. The lowest BCUT2D eigenvalue weighted by atomic mass is 9.81. The van der Waals surface area contributed by atoms with Crippen LogP contribution in [-0.4, -0.2) is 29.7 Å². The summed E-state index contributed by atoms with van der Waals surface area (Å²) < 4.78 is 0. The van der Waals surface area contributed by atoms with Crippen LogP contribution in [0.5, 0.6) is 0 Å². The summed E-state index contributed by atoms with van der Waals surface area (Å²) in [5.41, 5.74) is 1.11. The Hall–Kier alpha value is -2.13. The summed E-state index contributed by atoms with van der Waals surface area (Å²) in [4.78, 5) is 27.6. The van der Waals surface area contributed by atoms with Crippen molar-refractivity contribution in [2.45, 2.75) is 32.1 Å². The number of carbonyl (C=O) groups excluding carboxylic acids is 2. The first-order chi connectivity index (χ1) is 12.4. The first-order valence-corrected chi connectivity index (χ1v) is 9.42. The van der Waals surface area contributed by atoms with Gasteiger partial charge in [-0.15, -0.1) is 0 Å². The van der Waals surface area contributed by atoms with E-state index in [2.05, 4.69) is 0 Å². The normalized spacial score (nSPS) is 15.7. The fourth-order valence-corrected chi connectivity index (χ4v) is 3.69. The van der Waals surface area contributed by atoms with Crippen molar-refractivity contribution >= 4 is 23.3 Å². The van der Waals surface area contributed by atoms with E-state index >= 15 is 0 Å². The molecule has 0 saturated carbocycles. The standard InChI is InChI=1S/C22H24ClNO2/c1-22(2,18-8-10-19(23)11-9-18)21(26)24-14-12-17(13-15-24)20(25)16-6-4-3-5-7-16/h3-11,17H,12-15H2,1-2H3. The highest BCUT2D eigenvalue weighted by atomic mass is 35.5. The predicted octanol–water partition coefficient (Wildman–Crippen LogP) is 4.74. The van der Waals surface area contributed by atoms with E-state index in [0.717, 1.165) is 24.0 Å². The van der Waals surface area contributed by atoms with Crippen molar-refractivity contribution in [3.63, 3.8) is 0 Å². The second-order valence-electron chi connectivity index (χ2n) is 7.43. The second-order valence-corrected chi connectivity index (χ2v) is 7.87. The largest absolute Gasteiger partial charge is 0.342 e. The number of Topliss-reactive ketones (excluding diaryl/α,β-unsaturated/α-hetero) is 1. The van der Waals surface area contributed by atoms with E-state index in [-0.39, 0.29) is 17.6 Å². The molecule has 0 bridgehead atoms. The molecule has 1 saturated heterocycles. The van der Waals surface area contributed by atoms with Crippen LogP contribution in [0, 0.1) is 5.92 Å². The van der Waals surface area contributed by atoms with E-state index in [4.69, 9.17) is 11.6 Å².